The highest BCUT2D eigenvalue weighted by atomic mass is 16.7. The highest BCUT2D eigenvalue weighted by Crippen LogP contribution is 1.95. The number of ether oxygens (including phenoxy) is 4. The average Bonchev–Trinajstić information content (AvgIpc) is 2.18. The highest BCUT2D eigenvalue weighted by Gasteiger charge is 2.14. The minimum atomic E-state index is -0.739. The lowest BCUT2D eigenvalue weighted by Crippen LogP contribution is -2.25. The Morgan fingerprint density at radius 1 is 1.43 bits per heavy atom. The summed E-state index contributed by atoms with van der Waals surface area (Å²) in [4.78, 5) is 20.7. The molecular weight excluding hydrogens is 192 g/mol. The third-order valence-electron chi connectivity index (χ3n) is 1.27. The van der Waals surface area contributed by atoms with Gasteiger partial charge >= 0.3 is 5.97 Å². The van der Waals surface area contributed by atoms with Crippen LogP contribution in [0.5, 0.6) is 0 Å². The molecule has 6 nitrogen and oxygen atoms in total. The van der Waals surface area contributed by atoms with E-state index >= 15 is 0 Å². The van der Waals surface area contributed by atoms with Crippen LogP contribution in [0, 0.1) is 0 Å². The summed E-state index contributed by atoms with van der Waals surface area (Å²) in [7, 11) is 0. The molecule has 0 aromatic carbocycles. The highest BCUT2D eigenvalue weighted by molar-refractivity contribution is 5.74. The molecule has 6 heteroatoms. The van der Waals surface area contributed by atoms with Crippen LogP contribution in [-0.4, -0.2) is 38.7 Å². The lowest BCUT2D eigenvalue weighted by atomic mass is 10.4. The van der Waals surface area contributed by atoms with Gasteiger partial charge in [0.25, 0.3) is 6.47 Å². The van der Waals surface area contributed by atoms with Gasteiger partial charge < -0.3 is 18.9 Å². The summed E-state index contributed by atoms with van der Waals surface area (Å²) in [6, 6.07) is 0. The molecule has 0 heterocycles. The summed E-state index contributed by atoms with van der Waals surface area (Å²) in [6.07, 6.45) is -0.739. The molecule has 0 saturated heterocycles. The van der Waals surface area contributed by atoms with Crippen molar-refractivity contribution >= 4 is 12.4 Å². The first-order valence-electron chi connectivity index (χ1n) is 4.13. The van der Waals surface area contributed by atoms with Gasteiger partial charge in [-0.1, -0.05) is 0 Å². The molecule has 0 aliphatic rings. The van der Waals surface area contributed by atoms with Gasteiger partial charge in [-0.25, -0.2) is 4.79 Å². The SMILES string of the molecule is CCOCO[C@@H](C)C(=O)OCOC=O. The fourth-order valence-corrected chi connectivity index (χ4v) is 0.539. The number of rotatable bonds is 8. The van der Waals surface area contributed by atoms with E-state index in [1.807, 2.05) is 6.92 Å². The summed E-state index contributed by atoms with van der Waals surface area (Å²) in [6.45, 7) is 3.66. The van der Waals surface area contributed by atoms with Crippen LogP contribution >= 0.6 is 0 Å². The molecule has 0 saturated carbocycles. The monoisotopic (exact) mass is 206 g/mol. The Balaban J connectivity index is 3.49. The predicted octanol–water partition coefficient (Wildman–Crippen LogP) is 0.0592. The van der Waals surface area contributed by atoms with E-state index in [1.165, 1.54) is 6.92 Å². The number of carbonyl (C=O) groups excluding carboxylic acids is 2. The molecule has 0 bridgehead atoms. The van der Waals surface area contributed by atoms with E-state index in [0.29, 0.717) is 6.61 Å². The maximum Gasteiger partial charge on any atom is 0.337 e. The fourth-order valence-electron chi connectivity index (χ4n) is 0.539. The molecule has 0 aromatic rings. The molecule has 82 valence electrons. The van der Waals surface area contributed by atoms with E-state index in [2.05, 4.69) is 9.47 Å². The maximum atomic E-state index is 11.0. The normalized spacial score (nSPS) is 11.9. The van der Waals surface area contributed by atoms with Gasteiger partial charge in [-0.15, -0.1) is 0 Å². The van der Waals surface area contributed by atoms with Crippen molar-refractivity contribution in [3.05, 3.63) is 0 Å². The second-order valence-corrected chi connectivity index (χ2v) is 2.26. The van der Waals surface area contributed by atoms with Gasteiger partial charge in [-0.05, 0) is 13.8 Å². The molecule has 0 amide bonds. The Hall–Kier alpha value is -1.14. The second-order valence-electron chi connectivity index (χ2n) is 2.26. The van der Waals surface area contributed by atoms with Crippen LogP contribution in [0.2, 0.25) is 0 Å². The zero-order valence-corrected chi connectivity index (χ0v) is 8.23. The molecule has 0 aliphatic heterocycles. The van der Waals surface area contributed by atoms with Gasteiger partial charge in [-0.2, -0.15) is 0 Å². The van der Waals surface area contributed by atoms with Crippen LogP contribution < -0.4 is 0 Å². The Labute approximate surface area is 82.1 Å². The maximum absolute atomic E-state index is 11.0. The lowest BCUT2D eigenvalue weighted by molar-refractivity contribution is -0.176. The smallest absolute Gasteiger partial charge is 0.337 e. The van der Waals surface area contributed by atoms with E-state index in [0.717, 1.165) is 0 Å². The van der Waals surface area contributed by atoms with Crippen molar-refractivity contribution in [1.29, 1.82) is 0 Å². The molecule has 0 fully saturated rings. The van der Waals surface area contributed by atoms with Crippen LogP contribution in [0.3, 0.4) is 0 Å². The Bertz CT molecular complexity index is 169. The predicted molar refractivity (Wildman–Crippen MR) is 45.1 cm³/mol. The summed E-state index contributed by atoms with van der Waals surface area (Å²) in [5.74, 6) is -0.605. The van der Waals surface area contributed by atoms with Crippen LogP contribution in [0.4, 0.5) is 0 Å². The first kappa shape index (κ1) is 12.9. The lowest BCUT2D eigenvalue weighted by Gasteiger charge is -2.11. The average molecular weight is 206 g/mol. The molecule has 0 radical (unpaired) electrons. The van der Waals surface area contributed by atoms with Crippen molar-refractivity contribution < 1.29 is 28.5 Å². The second kappa shape index (κ2) is 8.46. The summed E-state index contributed by atoms with van der Waals surface area (Å²) < 4.78 is 18.5. The van der Waals surface area contributed by atoms with Crippen LogP contribution in [-0.2, 0) is 28.5 Å². The summed E-state index contributed by atoms with van der Waals surface area (Å²) >= 11 is 0. The number of esters is 1. The molecular formula is C8H14O6. The van der Waals surface area contributed by atoms with E-state index in [9.17, 15) is 9.59 Å². The Kier molecular flexibility index (Phi) is 7.77. The largest absolute Gasteiger partial charge is 0.430 e. The molecule has 0 aromatic heterocycles. The van der Waals surface area contributed by atoms with Crippen molar-refractivity contribution in [1.82, 2.24) is 0 Å². The van der Waals surface area contributed by atoms with Crippen LogP contribution in [0.15, 0.2) is 0 Å². The van der Waals surface area contributed by atoms with E-state index in [-0.39, 0.29) is 13.3 Å². The van der Waals surface area contributed by atoms with E-state index in [1.54, 1.807) is 0 Å². The topological polar surface area (TPSA) is 71.1 Å². The van der Waals surface area contributed by atoms with Crippen LogP contribution in [0.25, 0.3) is 0 Å². The third-order valence-corrected chi connectivity index (χ3v) is 1.27. The van der Waals surface area contributed by atoms with Crippen molar-refractivity contribution in [2.75, 3.05) is 20.2 Å². The fraction of sp³-hybridized carbons (Fsp3) is 0.750. The van der Waals surface area contributed by atoms with E-state index in [4.69, 9.17) is 9.47 Å². The van der Waals surface area contributed by atoms with Gasteiger partial charge in [0, 0.05) is 6.61 Å². The number of hydrogen-bond donors (Lipinski definition) is 0. The summed E-state index contributed by atoms with van der Waals surface area (Å²) in [5, 5.41) is 0. The quantitative estimate of drug-likeness (QED) is 0.242. The standard InChI is InChI=1S/C8H14O6/c1-3-11-5-13-7(2)8(10)14-6-12-4-9/h4,7H,3,5-6H2,1-2H3/t7-/m0/s1. The number of carbonyl (C=O) groups is 2. The van der Waals surface area contributed by atoms with Crippen LogP contribution in [0.1, 0.15) is 13.8 Å². The Morgan fingerprint density at radius 2 is 2.14 bits per heavy atom. The van der Waals surface area contributed by atoms with Gasteiger partial charge in [-0.3, -0.25) is 4.79 Å². The van der Waals surface area contributed by atoms with Gasteiger partial charge in [0.1, 0.15) is 6.79 Å². The Morgan fingerprint density at radius 3 is 2.71 bits per heavy atom. The summed E-state index contributed by atoms with van der Waals surface area (Å²) in [5.41, 5.74) is 0. The minimum absolute atomic E-state index is 0.0291. The van der Waals surface area contributed by atoms with Crippen molar-refractivity contribution in [2.45, 2.75) is 20.0 Å². The molecule has 14 heavy (non-hydrogen) atoms. The minimum Gasteiger partial charge on any atom is -0.430 e. The zero-order valence-electron chi connectivity index (χ0n) is 8.23. The third kappa shape index (κ3) is 6.38. The first-order valence-corrected chi connectivity index (χ1v) is 4.13. The van der Waals surface area contributed by atoms with Gasteiger partial charge in [0.2, 0.25) is 6.79 Å². The molecule has 0 unspecified atom stereocenters. The molecule has 0 aliphatic carbocycles. The zero-order chi connectivity index (χ0) is 10.8. The van der Waals surface area contributed by atoms with Crippen molar-refractivity contribution in [3.8, 4) is 0 Å². The molecule has 0 rings (SSSR count). The molecule has 0 spiro atoms. The number of hydrogen-bond acceptors (Lipinski definition) is 6. The first-order chi connectivity index (χ1) is 6.72. The van der Waals surface area contributed by atoms with Crippen molar-refractivity contribution in [2.24, 2.45) is 0 Å². The van der Waals surface area contributed by atoms with Crippen molar-refractivity contribution in [3.63, 3.8) is 0 Å². The van der Waals surface area contributed by atoms with Gasteiger partial charge in [0.05, 0.1) is 0 Å². The van der Waals surface area contributed by atoms with E-state index < -0.39 is 18.9 Å². The molecule has 1 atom stereocenters. The molecule has 0 N–H and O–H groups in total. The van der Waals surface area contributed by atoms with Gasteiger partial charge in [0.15, 0.2) is 6.10 Å².